The summed E-state index contributed by atoms with van der Waals surface area (Å²) in [5.41, 5.74) is 1.30. The number of ether oxygens (including phenoxy) is 1. The third kappa shape index (κ3) is 3.82. The van der Waals surface area contributed by atoms with Gasteiger partial charge in [-0.1, -0.05) is 0 Å². The molecule has 0 bridgehead atoms. The SMILES string of the molecule is CNc1ncc(CCc2nc3ccc(OC(CO)CF)cc3o2)s1. The highest BCUT2D eigenvalue weighted by Crippen LogP contribution is 2.24. The number of fused-ring (bicyclic) bond motifs is 1. The first kappa shape index (κ1) is 16.7. The van der Waals surface area contributed by atoms with E-state index in [1.165, 1.54) is 0 Å². The summed E-state index contributed by atoms with van der Waals surface area (Å²) < 4.78 is 23.7. The number of aliphatic hydroxyl groups excluding tert-OH is 1. The van der Waals surface area contributed by atoms with Crippen molar-refractivity contribution in [1.29, 1.82) is 0 Å². The molecule has 8 heteroatoms. The molecule has 2 N–H and O–H groups in total. The topological polar surface area (TPSA) is 80.4 Å². The predicted octanol–water partition coefficient (Wildman–Crippen LogP) is 2.82. The highest BCUT2D eigenvalue weighted by Gasteiger charge is 2.12. The Bertz CT molecular complexity index is 801. The second-order valence-electron chi connectivity index (χ2n) is 5.20. The van der Waals surface area contributed by atoms with Crippen LogP contribution < -0.4 is 10.1 Å². The Hall–Kier alpha value is -2.19. The van der Waals surface area contributed by atoms with E-state index in [-0.39, 0.29) is 6.61 Å². The van der Waals surface area contributed by atoms with E-state index in [1.807, 2.05) is 13.2 Å². The Morgan fingerprint density at radius 3 is 3.00 bits per heavy atom. The van der Waals surface area contributed by atoms with E-state index < -0.39 is 12.8 Å². The van der Waals surface area contributed by atoms with Gasteiger partial charge in [-0.05, 0) is 18.6 Å². The number of oxazole rings is 1. The Morgan fingerprint density at radius 1 is 1.42 bits per heavy atom. The summed E-state index contributed by atoms with van der Waals surface area (Å²) >= 11 is 1.60. The second-order valence-corrected chi connectivity index (χ2v) is 6.31. The minimum atomic E-state index is -0.863. The molecule has 0 aliphatic heterocycles. The van der Waals surface area contributed by atoms with Gasteiger partial charge >= 0.3 is 0 Å². The zero-order chi connectivity index (χ0) is 16.9. The monoisotopic (exact) mass is 351 g/mol. The van der Waals surface area contributed by atoms with Crippen molar-refractivity contribution in [2.75, 3.05) is 25.6 Å². The molecule has 0 aliphatic rings. The first-order valence-corrected chi connectivity index (χ1v) is 8.39. The molecule has 0 saturated carbocycles. The molecule has 0 radical (unpaired) electrons. The molecule has 0 spiro atoms. The van der Waals surface area contributed by atoms with E-state index in [9.17, 15) is 4.39 Å². The number of benzene rings is 1. The third-order valence-corrected chi connectivity index (χ3v) is 4.51. The van der Waals surface area contributed by atoms with Crippen LogP contribution in [-0.2, 0) is 12.8 Å². The Labute approximate surface area is 142 Å². The maximum atomic E-state index is 12.6. The fourth-order valence-corrected chi connectivity index (χ4v) is 2.98. The lowest BCUT2D eigenvalue weighted by atomic mass is 10.3. The van der Waals surface area contributed by atoms with Crippen molar-refractivity contribution in [3.05, 3.63) is 35.2 Å². The van der Waals surface area contributed by atoms with E-state index in [2.05, 4.69) is 15.3 Å². The molecule has 24 heavy (non-hydrogen) atoms. The van der Waals surface area contributed by atoms with Crippen LogP contribution in [0.15, 0.2) is 28.8 Å². The number of aromatic nitrogens is 2. The van der Waals surface area contributed by atoms with Crippen molar-refractivity contribution in [2.45, 2.75) is 18.9 Å². The highest BCUT2D eigenvalue weighted by molar-refractivity contribution is 7.15. The lowest BCUT2D eigenvalue weighted by Gasteiger charge is -2.12. The molecular formula is C16H18FN3O3S. The molecule has 0 aliphatic carbocycles. The van der Waals surface area contributed by atoms with Crippen molar-refractivity contribution in [2.24, 2.45) is 0 Å². The molecule has 2 heterocycles. The number of hydrogen-bond acceptors (Lipinski definition) is 7. The standard InChI is InChI=1S/C16H18FN3O3S/c1-18-16-19-8-12(24-16)3-5-15-20-13-4-2-10(6-14(13)23-15)22-11(7-17)9-21/h2,4,6,8,11,21H,3,5,7,9H2,1H3,(H,18,19). The van der Waals surface area contributed by atoms with Crippen LogP contribution in [0, 0.1) is 0 Å². The smallest absolute Gasteiger partial charge is 0.195 e. The van der Waals surface area contributed by atoms with Gasteiger partial charge in [-0.3, -0.25) is 0 Å². The molecule has 128 valence electrons. The molecular weight excluding hydrogens is 333 g/mol. The number of anilines is 1. The van der Waals surface area contributed by atoms with Crippen LogP contribution in [0.25, 0.3) is 11.1 Å². The summed E-state index contributed by atoms with van der Waals surface area (Å²) in [6.45, 7) is -1.13. The molecule has 6 nitrogen and oxygen atoms in total. The zero-order valence-electron chi connectivity index (χ0n) is 13.2. The molecule has 1 aromatic carbocycles. The van der Waals surface area contributed by atoms with Crippen molar-refractivity contribution < 1.29 is 18.7 Å². The normalized spacial score (nSPS) is 12.5. The average Bonchev–Trinajstić information content (AvgIpc) is 3.23. The maximum Gasteiger partial charge on any atom is 0.195 e. The predicted molar refractivity (Wildman–Crippen MR) is 90.6 cm³/mol. The van der Waals surface area contributed by atoms with Crippen LogP contribution in [0.3, 0.4) is 0 Å². The van der Waals surface area contributed by atoms with Crippen molar-refractivity contribution in [3.63, 3.8) is 0 Å². The van der Waals surface area contributed by atoms with Crippen LogP contribution >= 0.6 is 11.3 Å². The lowest BCUT2D eigenvalue weighted by Crippen LogP contribution is -2.23. The molecule has 1 atom stereocenters. The van der Waals surface area contributed by atoms with Gasteiger partial charge in [0.1, 0.15) is 24.0 Å². The van der Waals surface area contributed by atoms with Crippen LogP contribution in [0.4, 0.5) is 9.52 Å². The van der Waals surface area contributed by atoms with Crippen molar-refractivity contribution in [1.82, 2.24) is 9.97 Å². The van der Waals surface area contributed by atoms with Crippen molar-refractivity contribution >= 4 is 27.6 Å². The second kappa shape index (κ2) is 7.59. The lowest BCUT2D eigenvalue weighted by molar-refractivity contribution is 0.0932. The summed E-state index contributed by atoms with van der Waals surface area (Å²) in [6.07, 6.45) is 2.44. The molecule has 0 saturated heterocycles. The first-order valence-electron chi connectivity index (χ1n) is 7.57. The molecule has 2 aromatic heterocycles. The van der Waals surface area contributed by atoms with Gasteiger partial charge in [-0.25, -0.2) is 14.4 Å². The quantitative estimate of drug-likeness (QED) is 0.650. The van der Waals surface area contributed by atoms with Gasteiger partial charge in [0.15, 0.2) is 16.6 Å². The summed E-state index contributed by atoms with van der Waals surface area (Å²) in [4.78, 5) is 9.82. The van der Waals surface area contributed by atoms with Gasteiger partial charge in [0, 0.05) is 30.6 Å². The third-order valence-electron chi connectivity index (χ3n) is 3.44. The molecule has 1 unspecified atom stereocenters. The Balaban J connectivity index is 1.68. The van der Waals surface area contributed by atoms with Gasteiger partial charge < -0.3 is 19.6 Å². The molecule has 3 rings (SSSR count). The van der Waals surface area contributed by atoms with E-state index in [0.29, 0.717) is 23.6 Å². The number of hydrogen-bond donors (Lipinski definition) is 2. The number of thiazole rings is 1. The summed E-state index contributed by atoms with van der Waals surface area (Å²) in [5, 5.41) is 12.9. The summed E-state index contributed by atoms with van der Waals surface area (Å²) in [5.74, 6) is 1.08. The average molecular weight is 351 g/mol. The number of nitrogens with zero attached hydrogens (tertiary/aromatic N) is 2. The number of nitrogens with one attached hydrogen (secondary N) is 1. The Morgan fingerprint density at radius 2 is 2.29 bits per heavy atom. The van der Waals surface area contributed by atoms with E-state index in [1.54, 1.807) is 29.5 Å². The zero-order valence-corrected chi connectivity index (χ0v) is 14.0. The summed E-state index contributed by atoms with van der Waals surface area (Å²) in [7, 11) is 1.84. The van der Waals surface area contributed by atoms with Gasteiger partial charge in [-0.2, -0.15) is 0 Å². The molecule has 3 aromatic rings. The van der Waals surface area contributed by atoms with Gasteiger partial charge in [-0.15, -0.1) is 11.3 Å². The number of aryl methyl sites for hydroxylation is 2. The molecule has 0 fully saturated rings. The van der Waals surface area contributed by atoms with E-state index in [0.717, 1.165) is 21.9 Å². The number of alkyl halides is 1. The minimum absolute atomic E-state index is 0.375. The van der Waals surface area contributed by atoms with Crippen LogP contribution in [0.2, 0.25) is 0 Å². The first-order chi connectivity index (χ1) is 11.7. The summed E-state index contributed by atoms with van der Waals surface area (Å²) in [6, 6.07) is 5.11. The van der Waals surface area contributed by atoms with Gasteiger partial charge in [0.25, 0.3) is 0 Å². The van der Waals surface area contributed by atoms with Crippen LogP contribution in [0.5, 0.6) is 5.75 Å². The number of halogens is 1. The fourth-order valence-electron chi connectivity index (χ4n) is 2.21. The Kier molecular flexibility index (Phi) is 5.27. The van der Waals surface area contributed by atoms with Gasteiger partial charge in [0.05, 0.1) is 6.61 Å². The van der Waals surface area contributed by atoms with Crippen LogP contribution in [0.1, 0.15) is 10.8 Å². The van der Waals surface area contributed by atoms with Crippen molar-refractivity contribution in [3.8, 4) is 5.75 Å². The fraction of sp³-hybridized carbons (Fsp3) is 0.375. The van der Waals surface area contributed by atoms with E-state index in [4.69, 9.17) is 14.3 Å². The maximum absolute atomic E-state index is 12.6. The number of rotatable bonds is 8. The highest BCUT2D eigenvalue weighted by atomic mass is 32.1. The molecule has 0 amide bonds. The van der Waals surface area contributed by atoms with Crippen LogP contribution in [-0.4, -0.2) is 41.5 Å². The number of aliphatic hydroxyl groups is 1. The van der Waals surface area contributed by atoms with E-state index >= 15 is 0 Å². The minimum Gasteiger partial charge on any atom is -0.485 e. The van der Waals surface area contributed by atoms with Gasteiger partial charge in [0.2, 0.25) is 0 Å². The largest absolute Gasteiger partial charge is 0.485 e.